The summed E-state index contributed by atoms with van der Waals surface area (Å²) in [6.07, 6.45) is 0.275. The van der Waals surface area contributed by atoms with Crippen LogP contribution in [0.3, 0.4) is 0 Å². The highest BCUT2D eigenvalue weighted by Crippen LogP contribution is 2.41. The molecule has 0 saturated heterocycles. The van der Waals surface area contributed by atoms with Crippen molar-refractivity contribution in [1.82, 2.24) is 0 Å². The summed E-state index contributed by atoms with van der Waals surface area (Å²) in [5, 5.41) is 6.56. The molecule has 2 N–H and O–H groups in total. The molecule has 2 heterocycles. The summed E-state index contributed by atoms with van der Waals surface area (Å²) in [6, 6.07) is 3.93. The van der Waals surface area contributed by atoms with E-state index in [0.717, 1.165) is 22.9 Å². The van der Waals surface area contributed by atoms with Crippen molar-refractivity contribution in [2.75, 3.05) is 17.4 Å². The molecule has 1 aromatic rings. The van der Waals surface area contributed by atoms with Gasteiger partial charge in [-0.15, -0.1) is 0 Å². The van der Waals surface area contributed by atoms with Gasteiger partial charge in [0.2, 0.25) is 6.79 Å². The maximum Gasteiger partial charge on any atom is 0.231 e. The fraction of sp³-hybridized carbons (Fsp3) is 0.455. The first-order valence-electron chi connectivity index (χ1n) is 5.29. The van der Waals surface area contributed by atoms with E-state index in [4.69, 9.17) is 9.47 Å². The lowest BCUT2D eigenvalue weighted by atomic mass is 10.2. The van der Waals surface area contributed by atoms with Gasteiger partial charge >= 0.3 is 0 Å². The van der Waals surface area contributed by atoms with Gasteiger partial charge in [-0.2, -0.15) is 0 Å². The van der Waals surface area contributed by atoms with E-state index in [1.54, 1.807) is 0 Å². The molecule has 15 heavy (non-hydrogen) atoms. The van der Waals surface area contributed by atoms with Gasteiger partial charge in [0.15, 0.2) is 11.5 Å². The van der Waals surface area contributed by atoms with E-state index in [2.05, 4.69) is 17.6 Å². The number of hydrogen-bond acceptors (Lipinski definition) is 4. The van der Waals surface area contributed by atoms with E-state index in [1.165, 1.54) is 0 Å². The van der Waals surface area contributed by atoms with Gasteiger partial charge in [-0.25, -0.2) is 0 Å². The first kappa shape index (κ1) is 9.96. The van der Waals surface area contributed by atoms with Crippen LogP contribution in [0.5, 0.6) is 11.5 Å². The largest absolute Gasteiger partial charge is 0.454 e. The van der Waals surface area contributed by atoms with E-state index in [-0.39, 0.29) is 6.17 Å². The summed E-state index contributed by atoms with van der Waals surface area (Å²) in [6.45, 7) is 6.39. The normalized spacial score (nSPS) is 15.9. The van der Waals surface area contributed by atoms with Crippen molar-refractivity contribution in [3.63, 3.8) is 0 Å². The zero-order valence-electron chi connectivity index (χ0n) is 9.26. The van der Waals surface area contributed by atoms with Gasteiger partial charge in [0.25, 0.3) is 0 Å². The number of fused-ring (bicyclic) bond motifs is 2. The van der Waals surface area contributed by atoms with Crippen LogP contribution in [-0.2, 0) is 0 Å². The zero-order valence-corrected chi connectivity index (χ0v) is 9.26. The summed E-state index contributed by atoms with van der Waals surface area (Å²) in [4.78, 5) is 0. The standard InChI is InChI=1S/C9H10N2O2.C2H6/c1-5-10-6-2-8-9(13-4-12-8)3-7(6)11-5;1-2/h2-3,5,10-11H,4H2,1H3;1-2H3. The first-order chi connectivity index (χ1) is 7.33. The molecule has 0 radical (unpaired) electrons. The van der Waals surface area contributed by atoms with Crippen LogP contribution in [0, 0.1) is 0 Å². The third kappa shape index (κ3) is 1.67. The first-order valence-corrected chi connectivity index (χ1v) is 5.29. The van der Waals surface area contributed by atoms with Crippen LogP contribution in [0.25, 0.3) is 0 Å². The zero-order chi connectivity index (χ0) is 10.8. The average Bonchev–Trinajstić information content (AvgIpc) is 2.81. The Morgan fingerprint density at radius 2 is 1.53 bits per heavy atom. The second-order valence-corrected chi connectivity index (χ2v) is 3.26. The Morgan fingerprint density at radius 3 is 2.00 bits per heavy atom. The average molecular weight is 208 g/mol. The van der Waals surface area contributed by atoms with Crippen LogP contribution in [0.15, 0.2) is 12.1 Å². The Kier molecular flexibility index (Phi) is 2.58. The number of rotatable bonds is 0. The molecule has 0 unspecified atom stereocenters. The smallest absolute Gasteiger partial charge is 0.231 e. The molecule has 0 fully saturated rings. The highest BCUT2D eigenvalue weighted by atomic mass is 16.7. The van der Waals surface area contributed by atoms with E-state index in [9.17, 15) is 0 Å². The Bertz CT molecular complexity index is 333. The van der Waals surface area contributed by atoms with Gasteiger partial charge in [-0.05, 0) is 6.92 Å². The summed E-state index contributed by atoms with van der Waals surface area (Å²) in [5.74, 6) is 1.64. The Morgan fingerprint density at radius 1 is 1.07 bits per heavy atom. The minimum Gasteiger partial charge on any atom is -0.454 e. The third-order valence-electron chi connectivity index (χ3n) is 2.26. The molecule has 0 spiro atoms. The number of hydrogen-bond donors (Lipinski definition) is 2. The third-order valence-corrected chi connectivity index (χ3v) is 2.26. The molecular weight excluding hydrogens is 192 g/mol. The van der Waals surface area contributed by atoms with E-state index < -0.39 is 0 Å². The monoisotopic (exact) mass is 208 g/mol. The SMILES string of the molecule is CC.CC1Nc2cc3c(cc2N1)OCO3. The molecule has 1 aromatic carbocycles. The second-order valence-electron chi connectivity index (χ2n) is 3.26. The van der Waals surface area contributed by atoms with Gasteiger partial charge in [-0.1, -0.05) is 13.8 Å². The second kappa shape index (κ2) is 3.88. The summed E-state index contributed by atoms with van der Waals surface area (Å²) in [5.41, 5.74) is 2.16. The van der Waals surface area contributed by atoms with Crippen LogP contribution in [0.4, 0.5) is 11.4 Å². The lowest BCUT2D eigenvalue weighted by Crippen LogP contribution is -2.16. The van der Waals surface area contributed by atoms with E-state index in [1.807, 2.05) is 26.0 Å². The summed E-state index contributed by atoms with van der Waals surface area (Å²) in [7, 11) is 0. The molecule has 4 nitrogen and oxygen atoms in total. The number of benzene rings is 1. The molecule has 0 aliphatic carbocycles. The maximum absolute atomic E-state index is 5.27. The van der Waals surface area contributed by atoms with Gasteiger partial charge in [0, 0.05) is 12.1 Å². The lowest BCUT2D eigenvalue weighted by molar-refractivity contribution is 0.174. The topological polar surface area (TPSA) is 42.5 Å². The number of anilines is 2. The van der Waals surface area contributed by atoms with Crippen LogP contribution < -0.4 is 20.1 Å². The number of nitrogens with one attached hydrogen (secondary N) is 2. The molecule has 3 rings (SSSR count). The molecule has 4 heteroatoms. The highest BCUT2D eigenvalue weighted by molar-refractivity contribution is 5.78. The summed E-state index contributed by atoms with van der Waals surface area (Å²) < 4.78 is 10.5. The van der Waals surface area contributed by atoms with Gasteiger partial charge in [-0.3, -0.25) is 0 Å². The van der Waals surface area contributed by atoms with Crippen molar-refractivity contribution in [1.29, 1.82) is 0 Å². The highest BCUT2D eigenvalue weighted by Gasteiger charge is 2.22. The predicted octanol–water partition coefficient (Wildman–Crippen LogP) is 2.62. The van der Waals surface area contributed by atoms with Crippen LogP contribution in [-0.4, -0.2) is 13.0 Å². The molecule has 0 amide bonds. The molecule has 0 saturated carbocycles. The van der Waals surface area contributed by atoms with Crippen molar-refractivity contribution < 1.29 is 9.47 Å². The van der Waals surface area contributed by atoms with Crippen molar-refractivity contribution in [3.05, 3.63) is 12.1 Å². The van der Waals surface area contributed by atoms with Crippen LogP contribution in [0.1, 0.15) is 20.8 Å². The molecule has 0 atom stereocenters. The van der Waals surface area contributed by atoms with Gasteiger partial charge < -0.3 is 20.1 Å². The van der Waals surface area contributed by atoms with Crippen molar-refractivity contribution in [2.24, 2.45) is 0 Å². The Balaban J connectivity index is 0.000000404. The molecular formula is C11H16N2O2. The van der Waals surface area contributed by atoms with Gasteiger partial charge in [0.1, 0.15) is 0 Å². The van der Waals surface area contributed by atoms with Crippen molar-refractivity contribution in [2.45, 2.75) is 26.9 Å². The van der Waals surface area contributed by atoms with Crippen LogP contribution in [0.2, 0.25) is 0 Å². The molecule has 0 bridgehead atoms. The fourth-order valence-electron chi connectivity index (χ4n) is 1.68. The molecule has 2 aliphatic heterocycles. The van der Waals surface area contributed by atoms with E-state index in [0.29, 0.717) is 6.79 Å². The van der Waals surface area contributed by atoms with Crippen molar-refractivity contribution >= 4 is 11.4 Å². The van der Waals surface area contributed by atoms with Crippen LogP contribution >= 0.6 is 0 Å². The molecule has 82 valence electrons. The minimum atomic E-state index is 0.275. The maximum atomic E-state index is 5.27. The van der Waals surface area contributed by atoms with E-state index >= 15 is 0 Å². The van der Waals surface area contributed by atoms with Crippen molar-refractivity contribution in [3.8, 4) is 11.5 Å². The lowest BCUT2D eigenvalue weighted by Gasteiger charge is -2.01. The Labute approximate surface area is 89.6 Å². The molecule has 0 aromatic heterocycles. The quantitative estimate of drug-likeness (QED) is 0.687. The fourth-order valence-corrected chi connectivity index (χ4v) is 1.68. The summed E-state index contributed by atoms with van der Waals surface area (Å²) >= 11 is 0. The Hall–Kier alpha value is -1.58. The van der Waals surface area contributed by atoms with Gasteiger partial charge in [0.05, 0.1) is 17.5 Å². The minimum absolute atomic E-state index is 0.275. The molecule has 2 aliphatic rings. The predicted molar refractivity (Wildman–Crippen MR) is 60.6 cm³/mol. The number of ether oxygens (including phenoxy) is 2.